The molecule has 16 aromatic carbocycles. The van der Waals surface area contributed by atoms with Gasteiger partial charge in [0.05, 0.1) is 38.5 Å². The summed E-state index contributed by atoms with van der Waals surface area (Å²) in [6.45, 7) is 4.74. The number of furan rings is 4. The molecule has 0 amide bonds. The molecule has 0 saturated heterocycles. The average molecular weight is 1350 g/mol. The fourth-order valence-electron chi connectivity index (χ4n) is 20.7. The first kappa shape index (κ1) is 55.9. The molecule has 490 valence electrons. The first-order valence-electron chi connectivity index (χ1n) is 36.8. The van der Waals surface area contributed by atoms with Crippen LogP contribution in [0.4, 0.5) is 0 Å². The van der Waals surface area contributed by atoms with E-state index in [1.54, 1.807) is 0 Å². The number of hydrogen-bond donors (Lipinski definition) is 0. The van der Waals surface area contributed by atoms with Crippen LogP contribution in [0.3, 0.4) is 0 Å². The van der Waals surface area contributed by atoms with Crippen LogP contribution in [0.1, 0.15) is 47.2 Å². The molecule has 6 nitrogen and oxygen atoms in total. The van der Waals surface area contributed by atoms with Crippen LogP contribution in [0.5, 0.6) is 0 Å². The Labute approximate surface area is 603 Å². The molecule has 24 aromatic rings. The maximum Gasteiger partial charge on any atom is 0.160 e. The Kier molecular flexibility index (Phi) is 10.2. The summed E-state index contributed by atoms with van der Waals surface area (Å²) in [5.41, 5.74) is 31.9. The average Bonchev–Trinajstić information content (AvgIpc) is 1.52. The number of benzene rings is 16. The van der Waals surface area contributed by atoms with E-state index in [4.69, 9.17) is 17.7 Å². The third-order valence-corrected chi connectivity index (χ3v) is 25.0. The van der Waals surface area contributed by atoms with Crippen LogP contribution in [0.15, 0.2) is 321 Å². The molecule has 2 aliphatic rings. The van der Waals surface area contributed by atoms with Gasteiger partial charge in [-0.15, -0.1) is 0 Å². The molecule has 2 aliphatic carbocycles. The first-order chi connectivity index (χ1) is 52.3. The monoisotopic (exact) mass is 1350 g/mol. The molecule has 0 aliphatic heterocycles. The number of hydrogen-bond acceptors (Lipinski definition) is 4. The predicted octanol–water partition coefficient (Wildman–Crippen LogP) is 27.3. The highest BCUT2D eigenvalue weighted by Gasteiger charge is 2.46. The van der Waals surface area contributed by atoms with Crippen LogP contribution < -0.4 is 0 Å². The van der Waals surface area contributed by atoms with Crippen molar-refractivity contribution < 1.29 is 17.7 Å². The van der Waals surface area contributed by atoms with Crippen molar-refractivity contribution >= 4 is 164 Å². The Balaban J connectivity index is 0.768. The molecule has 106 heavy (non-hydrogen) atoms. The van der Waals surface area contributed by atoms with Crippen LogP contribution in [0.25, 0.3) is 220 Å². The van der Waals surface area contributed by atoms with Crippen LogP contribution in [0, 0.1) is 0 Å². The predicted molar refractivity (Wildman–Crippen MR) is 436 cm³/mol. The molecule has 8 aromatic heterocycles. The van der Waals surface area contributed by atoms with Crippen molar-refractivity contribution in [1.29, 1.82) is 0 Å². The largest absolute Gasteiger partial charge is 0.454 e. The Morgan fingerprint density at radius 1 is 0.226 bits per heavy atom. The van der Waals surface area contributed by atoms with E-state index in [0.29, 0.717) is 0 Å². The second kappa shape index (κ2) is 19.3. The summed E-state index contributed by atoms with van der Waals surface area (Å²) in [6.07, 6.45) is 0. The molecule has 0 unspecified atom stereocenters. The third kappa shape index (κ3) is 6.64. The quantitative estimate of drug-likeness (QED) is 0.172. The zero-order valence-electron chi connectivity index (χ0n) is 57.4. The molecular weight excluding hydrogens is 1290 g/mol. The standard InChI is InChI=1S/C100H56N2O4/c1-99(2)78-32-14-10-28-69(78)86-58(30-19-34-80(86)99)55-49-74-65-42-45-67-61-26-11-16-35-82(61)103-95(67)91(65)101-89(74)75(50-55)66-43-46-71-87-63(31-20-38-85(87)106-97(71)93(66)101)72-52-77-76-48-54(53-39-40-60-59-25-9-15-33-79(59)100(81(60)51-53,56-21-5-3-6-22-56)57-23-7-4-8-24-57)47-73-64-41-44-68-62-27-12-17-36-83(62)104-96(68)92(64)102(90(73)76)94(77)98-88(72)70-29-13-18-37-84(70)105-98/h3-52H,1-2H3. The van der Waals surface area contributed by atoms with Gasteiger partial charge in [-0.05, 0) is 168 Å². The number of nitrogens with zero attached hydrogens (tertiary/aromatic N) is 2. The minimum absolute atomic E-state index is 0.152. The summed E-state index contributed by atoms with van der Waals surface area (Å²) in [7, 11) is 0. The molecule has 26 rings (SSSR count). The number of rotatable bonds is 5. The normalized spacial score (nSPS) is 14.1. The van der Waals surface area contributed by atoms with E-state index >= 15 is 0 Å². The van der Waals surface area contributed by atoms with E-state index in [9.17, 15) is 0 Å². The lowest BCUT2D eigenvalue weighted by atomic mass is 9.67. The van der Waals surface area contributed by atoms with Crippen molar-refractivity contribution in [2.45, 2.75) is 24.7 Å². The zero-order chi connectivity index (χ0) is 68.9. The Morgan fingerprint density at radius 3 is 1.31 bits per heavy atom. The zero-order valence-corrected chi connectivity index (χ0v) is 57.4. The molecule has 6 heteroatoms. The lowest BCUT2D eigenvalue weighted by molar-refractivity contribution is 0.660. The van der Waals surface area contributed by atoms with Crippen molar-refractivity contribution in [3.63, 3.8) is 0 Å². The van der Waals surface area contributed by atoms with Gasteiger partial charge >= 0.3 is 0 Å². The molecule has 0 saturated carbocycles. The van der Waals surface area contributed by atoms with Gasteiger partial charge in [0.25, 0.3) is 0 Å². The van der Waals surface area contributed by atoms with Crippen LogP contribution >= 0.6 is 0 Å². The maximum atomic E-state index is 7.62. The topological polar surface area (TPSA) is 61.4 Å². The highest BCUT2D eigenvalue weighted by molar-refractivity contribution is 6.36. The van der Waals surface area contributed by atoms with Crippen LogP contribution in [0.2, 0.25) is 0 Å². The Morgan fingerprint density at radius 2 is 0.660 bits per heavy atom. The molecule has 0 radical (unpaired) electrons. The lowest BCUT2D eigenvalue weighted by Gasteiger charge is -2.34. The SMILES string of the molecule is CC1(C)c2ccccc2-c2c(-c3cc4c5ccc6c7ccccc7oc6c5n5c4c(c3)c3ccc4c(oc6cccc(-c7cc8c9cc(-c%10ccc%11c(c%10)C(c%10ccccc%10)(c%10ccccc%10)c%10ccccc%10-%11)cc%10c%11ccc%12c%13ccccc%13oc%12c%11n(c%109)c8c8oc9ccccc9c78)c64)c35)cccc21. The van der Waals surface area contributed by atoms with Gasteiger partial charge in [-0.3, -0.25) is 0 Å². The summed E-state index contributed by atoms with van der Waals surface area (Å²) in [5.74, 6) is 0. The molecule has 0 spiro atoms. The van der Waals surface area contributed by atoms with Gasteiger partial charge in [0.1, 0.15) is 22.3 Å². The molecule has 8 heterocycles. The van der Waals surface area contributed by atoms with Crippen molar-refractivity contribution in [1.82, 2.24) is 8.80 Å². The second-order valence-electron chi connectivity index (χ2n) is 30.3. The van der Waals surface area contributed by atoms with Gasteiger partial charge in [0.2, 0.25) is 0 Å². The van der Waals surface area contributed by atoms with E-state index in [1.807, 2.05) is 0 Å². The third-order valence-electron chi connectivity index (χ3n) is 25.0. The molecular formula is C100H56N2O4. The first-order valence-corrected chi connectivity index (χ1v) is 36.8. The van der Waals surface area contributed by atoms with Gasteiger partial charge in [-0.1, -0.05) is 238 Å². The van der Waals surface area contributed by atoms with Gasteiger partial charge in [0.15, 0.2) is 22.3 Å². The van der Waals surface area contributed by atoms with E-state index in [1.165, 1.54) is 77.5 Å². The fraction of sp³-hybridized carbons (Fsp3) is 0.0400. The smallest absolute Gasteiger partial charge is 0.160 e. The van der Waals surface area contributed by atoms with Gasteiger partial charge in [0, 0.05) is 91.6 Å². The van der Waals surface area contributed by atoms with Gasteiger partial charge < -0.3 is 26.5 Å². The summed E-state index contributed by atoms with van der Waals surface area (Å²) < 4.78 is 34.3. The van der Waals surface area contributed by atoms with Crippen LogP contribution in [-0.4, -0.2) is 8.80 Å². The van der Waals surface area contributed by atoms with E-state index in [2.05, 4.69) is 326 Å². The van der Waals surface area contributed by atoms with Crippen LogP contribution in [-0.2, 0) is 10.8 Å². The van der Waals surface area contributed by atoms with Crippen molar-refractivity contribution in [2.75, 3.05) is 0 Å². The van der Waals surface area contributed by atoms with E-state index in [0.717, 1.165) is 175 Å². The molecule has 0 atom stereocenters. The number of aromatic nitrogens is 2. The summed E-state index contributed by atoms with van der Waals surface area (Å²) in [4.78, 5) is 0. The molecule has 0 bridgehead atoms. The minimum Gasteiger partial charge on any atom is -0.454 e. The summed E-state index contributed by atoms with van der Waals surface area (Å²) in [5, 5.41) is 17.5. The Bertz CT molecular complexity index is 8070. The molecule has 0 fully saturated rings. The van der Waals surface area contributed by atoms with Crippen molar-refractivity contribution in [3.05, 3.63) is 337 Å². The van der Waals surface area contributed by atoms with E-state index < -0.39 is 5.41 Å². The fourth-order valence-corrected chi connectivity index (χ4v) is 20.7. The number of para-hydroxylation sites is 3. The van der Waals surface area contributed by atoms with Crippen molar-refractivity contribution in [2.24, 2.45) is 0 Å². The van der Waals surface area contributed by atoms with E-state index in [-0.39, 0.29) is 5.41 Å². The lowest BCUT2D eigenvalue weighted by Crippen LogP contribution is -2.28. The highest BCUT2D eigenvalue weighted by atomic mass is 16.3. The minimum atomic E-state index is -0.578. The van der Waals surface area contributed by atoms with Crippen molar-refractivity contribution in [3.8, 4) is 55.6 Å². The number of fused-ring (bicyclic) bond motifs is 34. The Hall–Kier alpha value is -13.7. The summed E-state index contributed by atoms with van der Waals surface area (Å²) >= 11 is 0. The summed E-state index contributed by atoms with van der Waals surface area (Å²) in [6, 6.07) is 113. The second-order valence-corrected chi connectivity index (χ2v) is 30.3. The maximum absolute atomic E-state index is 7.62. The molecule has 0 N–H and O–H groups in total. The van der Waals surface area contributed by atoms with Gasteiger partial charge in [-0.25, -0.2) is 0 Å². The highest BCUT2D eigenvalue weighted by Crippen LogP contribution is 2.60. The van der Waals surface area contributed by atoms with Gasteiger partial charge in [-0.2, -0.15) is 0 Å².